The maximum absolute atomic E-state index is 3.87. The molecule has 0 bridgehead atoms. The highest BCUT2D eigenvalue weighted by Gasteiger charge is 1.81. The summed E-state index contributed by atoms with van der Waals surface area (Å²) in [5, 5.41) is 0. The lowest BCUT2D eigenvalue weighted by Crippen LogP contribution is -1.76. The van der Waals surface area contributed by atoms with Crippen molar-refractivity contribution in [2.45, 2.75) is 0 Å². The van der Waals surface area contributed by atoms with E-state index in [1.54, 1.807) is 6.33 Å². The van der Waals surface area contributed by atoms with Crippen LogP contribution in [0.2, 0.25) is 0 Å². The minimum Gasteiger partial charge on any atom is -0.340 e. The van der Waals surface area contributed by atoms with Gasteiger partial charge in [0, 0.05) is 13.2 Å². The molecule has 2 heteroatoms. The number of hydrogen-bond acceptors (Lipinski definition) is 1. The topological polar surface area (TPSA) is 17.8 Å². The fourth-order valence-corrected chi connectivity index (χ4v) is 0.467. The van der Waals surface area contributed by atoms with Gasteiger partial charge < -0.3 is 4.57 Å². The van der Waals surface area contributed by atoms with Crippen LogP contribution in [0.5, 0.6) is 0 Å². The van der Waals surface area contributed by atoms with Crippen molar-refractivity contribution < 1.29 is 0 Å². The van der Waals surface area contributed by atoms with Gasteiger partial charge in [0.15, 0.2) is 0 Å². The maximum atomic E-state index is 3.87. The molecule has 0 aliphatic rings. The molecule has 1 rings (SSSR count). The average molecular weight is 95.1 g/mol. The maximum Gasteiger partial charge on any atom is 0.0946 e. The van der Waals surface area contributed by atoms with E-state index in [0.29, 0.717) is 0 Å². The van der Waals surface area contributed by atoms with E-state index in [4.69, 9.17) is 0 Å². The Kier molecular flexibility index (Phi) is 0.855. The molecule has 0 saturated carbocycles. The van der Waals surface area contributed by atoms with Gasteiger partial charge in [-0.3, -0.25) is 0 Å². The van der Waals surface area contributed by atoms with Crippen molar-refractivity contribution in [1.29, 1.82) is 0 Å². The van der Waals surface area contributed by atoms with E-state index >= 15 is 0 Å². The molecule has 0 aliphatic carbocycles. The zero-order valence-corrected chi connectivity index (χ0v) is 4.26. The van der Waals surface area contributed by atoms with Gasteiger partial charge in [-0.2, -0.15) is 0 Å². The number of nitrogens with zero attached hydrogens (tertiary/aromatic N) is 2. The van der Waals surface area contributed by atoms with Gasteiger partial charge in [-0.05, 0) is 6.92 Å². The summed E-state index contributed by atoms with van der Waals surface area (Å²) in [6, 6.07) is 0. The van der Waals surface area contributed by atoms with Crippen LogP contribution in [-0.4, -0.2) is 9.55 Å². The van der Waals surface area contributed by atoms with Crippen LogP contribution >= 0.6 is 0 Å². The quantitative estimate of drug-likeness (QED) is 0.461. The molecule has 1 radical (unpaired) electrons. The Labute approximate surface area is 42.8 Å². The molecule has 0 aromatic carbocycles. The normalized spacial score (nSPS) is 9.43. The Morgan fingerprint density at radius 1 is 1.86 bits per heavy atom. The summed E-state index contributed by atoms with van der Waals surface area (Å²) in [5.74, 6) is 0. The van der Waals surface area contributed by atoms with Crippen molar-refractivity contribution in [1.82, 2.24) is 9.55 Å². The second-order valence-electron chi connectivity index (χ2n) is 1.53. The average Bonchev–Trinajstić information content (AvgIpc) is 1.87. The predicted octanol–water partition coefficient (Wildman–Crippen LogP) is 0.602. The van der Waals surface area contributed by atoms with Gasteiger partial charge in [0.2, 0.25) is 0 Å². The van der Waals surface area contributed by atoms with Crippen molar-refractivity contribution in [3.8, 4) is 0 Å². The van der Waals surface area contributed by atoms with E-state index < -0.39 is 0 Å². The van der Waals surface area contributed by atoms with Gasteiger partial charge >= 0.3 is 0 Å². The first kappa shape index (κ1) is 4.37. The zero-order chi connectivity index (χ0) is 5.28. The molecule has 1 heterocycles. The van der Waals surface area contributed by atoms with Gasteiger partial charge in [0.05, 0.1) is 12.0 Å². The summed E-state index contributed by atoms with van der Waals surface area (Å²) in [6.07, 6.45) is 3.59. The number of rotatable bonds is 0. The first-order chi connectivity index (χ1) is 3.29. The van der Waals surface area contributed by atoms with Gasteiger partial charge in [-0.15, -0.1) is 0 Å². The van der Waals surface area contributed by atoms with Crippen molar-refractivity contribution in [3.63, 3.8) is 0 Å². The summed E-state index contributed by atoms with van der Waals surface area (Å²) in [5.41, 5.74) is 0.822. The lowest BCUT2D eigenvalue weighted by atomic mass is 10.6. The SMILES string of the molecule is [CH2]c1cn(C)cn1. The molecular weight excluding hydrogens is 88.1 g/mol. The summed E-state index contributed by atoms with van der Waals surface area (Å²) >= 11 is 0. The second kappa shape index (κ2) is 1.37. The Hall–Kier alpha value is -0.790. The highest BCUT2D eigenvalue weighted by molar-refractivity contribution is 4.98. The molecular formula is C5H7N2. The van der Waals surface area contributed by atoms with Crippen LogP contribution in [0.3, 0.4) is 0 Å². The van der Waals surface area contributed by atoms with Crippen molar-refractivity contribution in [2.24, 2.45) is 7.05 Å². The predicted molar refractivity (Wildman–Crippen MR) is 27.7 cm³/mol. The Morgan fingerprint density at radius 3 is 2.71 bits per heavy atom. The lowest BCUT2D eigenvalue weighted by Gasteiger charge is -1.78. The van der Waals surface area contributed by atoms with Crippen LogP contribution in [-0.2, 0) is 7.05 Å². The highest BCUT2D eigenvalue weighted by Crippen LogP contribution is 1.86. The fraction of sp³-hybridized carbons (Fsp3) is 0.200. The van der Waals surface area contributed by atoms with Crippen LogP contribution < -0.4 is 0 Å². The van der Waals surface area contributed by atoms with Gasteiger partial charge in [-0.1, -0.05) is 0 Å². The van der Waals surface area contributed by atoms with Gasteiger partial charge in [-0.25, -0.2) is 4.98 Å². The van der Waals surface area contributed by atoms with Gasteiger partial charge in [0.25, 0.3) is 0 Å². The third-order valence-corrected chi connectivity index (χ3v) is 0.758. The molecule has 0 aliphatic heterocycles. The van der Waals surface area contributed by atoms with Crippen LogP contribution in [0.1, 0.15) is 5.69 Å². The van der Waals surface area contributed by atoms with Crippen molar-refractivity contribution in [2.75, 3.05) is 0 Å². The Bertz CT molecular complexity index is 138. The standard InChI is InChI=1S/C5H7N2/c1-5-3-7(2)4-6-5/h3-4H,1H2,2H3. The molecule has 0 saturated heterocycles. The zero-order valence-electron chi connectivity index (χ0n) is 4.26. The number of aryl methyl sites for hydroxylation is 1. The van der Waals surface area contributed by atoms with Gasteiger partial charge in [0.1, 0.15) is 0 Å². The summed E-state index contributed by atoms with van der Waals surface area (Å²) < 4.78 is 1.86. The Balaban J connectivity index is 3.04. The van der Waals surface area contributed by atoms with E-state index in [-0.39, 0.29) is 0 Å². The van der Waals surface area contributed by atoms with E-state index in [9.17, 15) is 0 Å². The summed E-state index contributed by atoms with van der Waals surface area (Å²) in [4.78, 5) is 3.87. The second-order valence-corrected chi connectivity index (χ2v) is 1.53. The third-order valence-electron chi connectivity index (χ3n) is 0.758. The minimum absolute atomic E-state index is 0.822. The minimum atomic E-state index is 0.822. The van der Waals surface area contributed by atoms with E-state index in [1.165, 1.54) is 0 Å². The number of hydrogen-bond donors (Lipinski definition) is 0. The third kappa shape index (κ3) is 0.796. The molecule has 1 aromatic heterocycles. The highest BCUT2D eigenvalue weighted by atomic mass is 15.0. The molecule has 0 N–H and O–H groups in total. The van der Waals surface area contributed by atoms with Crippen molar-refractivity contribution >= 4 is 0 Å². The van der Waals surface area contributed by atoms with Crippen LogP contribution in [0.15, 0.2) is 12.5 Å². The van der Waals surface area contributed by atoms with Crippen LogP contribution in [0.25, 0.3) is 0 Å². The summed E-state index contributed by atoms with van der Waals surface area (Å²) in [7, 11) is 1.92. The summed E-state index contributed by atoms with van der Waals surface area (Å²) in [6.45, 7) is 3.61. The molecule has 7 heavy (non-hydrogen) atoms. The molecule has 2 nitrogen and oxygen atoms in total. The Morgan fingerprint density at radius 2 is 2.57 bits per heavy atom. The molecule has 0 amide bonds. The lowest BCUT2D eigenvalue weighted by molar-refractivity contribution is 0.913. The largest absolute Gasteiger partial charge is 0.340 e. The monoisotopic (exact) mass is 95.1 g/mol. The van der Waals surface area contributed by atoms with Crippen LogP contribution in [0.4, 0.5) is 0 Å². The molecule has 0 atom stereocenters. The van der Waals surface area contributed by atoms with E-state index in [0.717, 1.165) is 5.69 Å². The van der Waals surface area contributed by atoms with E-state index in [1.807, 2.05) is 17.8 Å². The first-order valence-electron chi connectivity index (χ1n) is 2.09. The number of aromatic nitrogens is 2. The van der Waals surface area contributed by atoms with Crippen molar-refractivity contribution in [3.05, 3.63) is 25.1 Å². The fourth-order valence-electron chi connectivity index (χ4n) is 0.467. The molecule has 1 aromatic rings. The molecule has 0 spiro atoms. The molecule has 0 unspecified atom stereocenters. The van der Waals surface area contributed by atoms with Crippen LogP contribution in [0, 0.1) is 6.92 Å². The smallest absolute Gasteiger partial charge is 0.0946 e. The molecule has 0 fully saturated rings. The number of imidazole rings is 1. The molecule has 37 valence electrons. The first-order valence-corrected chi connectivity index (χ1v) is 2.09. The van der Waals surface area contributed by atoms with E-state index in [2.05, 4.69) is 11.9 Å².